The third-order valence-corrected chi connectivity index (χ3v) is 2.51. The van der Waals surface area contributed by atoms with E-state index < -0.39 is 16.4 Å². The van der Waals surface area contributed by atoms with E-state index in [0.717, 1.165) is 0 Å². The molecule has 1 heterocycles. The Labute approximate surface area is 105 Å². The summed E-state index contributed by atoms with van der Waals surface area (Å²) in [5.41, 5.74) is -0.677. The summed E-state index contributed by atoms with van der Waals surface area (Å²) in [6.45, 7) is 5.36. The lowest BCUT2D eigenvalue weighted by Crippen LogP contribution is -2.46. The first kappa shape index (κ1) is 14.2. The largest absolute Gasteiger partial charge is 0.394 e. The molecule has 18 heavy (non-hydrogen) atoms. The first-order valence-corrected chi connectivity index (χ1v) is 5.58. The standard InChI is InChI=1S/C11H17N3O4/c1-4-13-6-8(14(17)18)5-9(13)10(16)12-11(2,3)7-15/h5-6,15H,4,7H2,1-3H3,(H,12,16). The fraction of sp³-hybridized carbons (Fsp3) is 0.545. The third kappa shape index (κ3) is 3.07. The molecular weight excluding hydrogens is 238 g/mol. The molecule has 1 aromatic heterocycles. The number of nitrogens with zero attached hydrogens (tertiary/aromatic N) is 2. The molecule has 1 amide bonds. The van der Waals surface area contributed by atoms with Crippen molar-refractivity contribution in [3.63, 3.8) is 0 Å². The first-order valence-electron chi connectivity index (χ1n) is 5.58. The Morgan fingerprint density at radius 3 is 2.67 bits per heavy atom. The minimum atomic E-state index is -0.769. The fourth-order valence-electron chi connectivity index (χ4n) is 1.46. The second kappa shape index (κ2) is 5.18. The second-order valence-electron chi connectivity index (χ2n) is 4.62. The number of aromatic nitrogens is 1. The number of rotatable bonds is 5. The maximum Gasteiger partial charge on any atom is 0.287 e. The van der Waals surface area contributed by atoms with Crippen molar-refractivity contribution in [2.75, 3.05) is 6.61 Å². The summed E-state index contributed by atoms with van der Waals surface area (Å²) < 4.78 is 1.50. The van der Waals surface area contributed by atoms with Crippen molar-refractivity contribution in [3.8, 4) is 0 Å². The minimum absolute atomic E-state index is 0.121. The van der Waals surface area contributed by atoms with Crippen LogP contribution in [0.3, 0.4) is 0 Å². The van der Waals surface area contributed by atoms with Gasteiger partial charge in [-0.05, 0) is 20.8 Å². The summed E-state index contributed by atoms with van der Waals surface area (Å²) in [6.07, 6.45) is 1.32. The van der Waals surface area contributed by atoms with E-state index in [4.69, 9.17) is 5.11 Å². The zero-order valence-corrected chi connectivity index (χ0v) is 10.6. The SMILES string of the molecule is CCn1cc([N+](=O)[O-])cc1C(=O)NC(C)(C)CO. The molecule has 0 aliphatic rings. The number of aliphatic hydroxyl groups is 1. The molecule has 100 valence electrons. The van der Waals surface area contributed by atoms with Gasteiger partial charge < -0.3 is 15.0 Å². The Morgan fingerprint density at radius 1 is 1.61 bits per heavy atom. The highest BCUT2D eigenvalue weighted by Crippen LogP contribution is 2.17. The molecule has 0 aliphatic heterocycles. The van der Waals surface area contributed by atoms with Crippen LogP contribution in [-0.4, -0.2) is 32.6 Å². The molecule has 0 aromatic carbocycles. The number of amides is 1. The van der Waals surface area contributed by atoms with Gasteiger partial charge in [-0.1, -0.05) is 0 Å². The minimum Gasteiger partial charge on any atom is -0.394 e. The quantitative estimate of drug-likeness (QED) is 0.603. The molecule has 0 unspecified atom stereocenters. The number of carbonyl (C=O) groups is 1. The van der Waals surface area contributed by atoms with E-state index in [2.05, 4.69) is 5.32 Å². The summed E-state index contributed by atoms with van der Waals surface area (Å²) >= 11 is 0. The molecule has 0 radical (unpaired) electrons. The first-order chi connectivity index (χ1) is 8.30. The van der Waals surface area contributed by atoms with Gasteiger partial charge in [0.1, 0.15) is 5.69 Å². The van der Waals surface area contributed by atoms with Gasteiger partial charge in [-0.25, -0.2) is 0 Å². The van der Waals surface area contributed by atoms with E-state index in [1.165, 1.54) is 16.8 Å². The molecule has 0 bridgehead atoms. The van der Waals surface area contributed by atoms with Crippen molar-refractivity contribution in [2.45, 2.75) is 32.9 Å². The van der Waals surface area contributed by atoms with Crippen LogP contribution in [0.25, 0.3) is 0 Å². The lowest BCUT2D eigenvalue weighted by atomic mass is 10.1. The molecule has 2 N–H and O–H groups in total. The number of carbonyl (C=O) groups excluding carboxylic acids is 1. The van der Waals surface area contributed by atoms with Gasteiger partial charge >= 0.3 is 0 Å². The monoisotopic (exact) mass is 255 g/mol. The van der Waals surface area contributed by atoms with Gasteiger partial charge in [-0.15, -0.1) is 0 Å². The fourth-order valence-corrected chi connectivity index (χ4v) is 1.46. The topological polar surface area (TPSA) is 97.4 Å². The number of hydrogen-bond donors (Lipinski definition) is 2. The Balaban J connectivity index is 3.01. The average Bonchev–Trinajstić information content (AvgIpc) is 2.72. The molecule has 1 rings (SSSR count). The van der Waals surface area contributed by atoms with Gasteiger partial charge in [0.25, 0.3) is 11.6 Å². The zero-order valence-electron chi connectivity index (χ0n) is 10.6. The highest BCUT2D eigenvalue weighted by atomic mass is 16.6. The van der Waals surface area contributed by atoms with Crippen LogP contribution in [-0.2, 0) is 6.54 Å². The van der Waals surface area contributed by atoms with Crippen molar-refractivity contribution >= 4 is 11.6 Å². The summed E-state index contributed by atoms with van der Waals surface area (Å²) in [5, 5.41) is 22.4. The molecule has 0 saturated heterocycles. The molecule has 1 aromatic rings. The molecule has 0 saturated carbocycles. The second-order valence-corrected chi connectivity index (χ2v) is 4.62. The number of aliphatic hydroxyl groups excluding tert-OH is 1. The van der Waals surface area contributed by atoms with E-state index in [1.807, 2.05) is 0 Å². The van der Waals surface area contributed by atoms with Crippen LogP contribution in [0.4, 0.5) is 5.69 Å². The zero-order chi connectivity index (χ0) is 13.9. The molecule has 0 fully saturated rings. The van der Waals surface area contributed by atoms with Gasteiger partial charge in [-0.2, -0.15) is 0 Å². The van der Waals surface area contributed by atoms with Gasteiger partial charge in [0.05, 0.1) is 23.3 Å². The Morgan fingerprint density at radius 2 is 2.22 bits per heavy atom. The highest BCUT2D eigenvalue weighted by Gasteiger charge is 2.24. The number of nitrogens with one attached hydrogen (secondary N) is 1. The summed E-state index contributed by atoms with van der Waals surface area (Å²) in [5.74, 6) is -0.441. The van der Waals surface area contributed by atoms with Crippen molar-refractivity contribution in [1.82, 2.24) is 9.88 Å². The average molecular weight is 255 g/mol. The van der Waals surface area contributed by atoms with E-state index in [0.29, 0.717) is 6.54 Å². The van der Waals surface area contributed by atoms with Crippen LogP contribution in [0.1, 0.15) is 31.3 Å². The lowest BCUT2D eigenvalue weighted by Gasteiger charge is -2.23. The van der Waals surface area contributed by atoms with Crippen molar-refractivity contribution in [3.05, 3.63) is 28.1 Å². The van der Waals surface area contributed by atoms with Crippen LogP contribution >= 0.6 is 0 Å². The third-order valence-electron chi connectivity index (χ3n) is 2.51. The molecule has 0 atom stereocenters. The highest BCUT2D eigenvalue weighted by molar-refractivity contribution is 5.94. The summed E-state index contributed by atoms with van der Waals surface area (Å²) in [7, 11) is 0. The summed E-state index contributed by atoms with van der Waals surface area (Å²) in [4.78, 5) is 22.1. The number of aryl methyl sites for hydroxylation is 1. The normalized spacial score (nSPS) is 11.3. The number of hydrogen-bond acceptors (Lipinski definition) is 4. The van der Waals surface area contributed by atoms with Crippen LogP contribution in [0.15, 0.2) is 12.3 Å². The molecule has 0 aliphatic carbocycles. The van der Waals surface area contributed by atoms with Crippen molar-refractivity contribution in [2.24, 2.45) is 0 Å². The predicted molar refractivity (Wildman–Crippen MR) is 65.4 cm³/mol. The predicted octanol–water partition coefficient (Wildman–Crippen LogP) is 0.917. The maximum absolute atomic E-state index is 12.0. The molecule has 7 heteroatoms. The van der Waals surface area contributed by atoms with Crippen molar-refractivity contribution < 1.29 is 14.8 Å². The van der Waals surface area contributed by atoms with E-state index in [-0.39, 0.29) is 18.0 Å². The maximum atomic E-state index is 12.0. The Hall–Kier alpha value is -1.89. The van der Waals surface area contributed by atoms with Crippen LogP contribution in [0, 0.1) is 10.1 Å². The van der Waals surface area contributed by atoms with Crippen LogP contribution in [0.2, 0.25) is 0 Å². The van der Waals surface area contributed by atoms with E-state index in [9.17, 15) is 14.9 Å². The molecular formula is C11H17N3O4. The van der Waals surface area contributed by atoms with E-state index in [1.54, 1.807) is 20.8 Å². The molecule has 0 spiro atoms. The van der Waals surface area contributed by atoms with Gasteiger partial charge in [0, 0.05) is 12.6 Å². The Bertz CT molecular complexity index is 465. The van der Waals surface area contributed by atoms with E-state index >= 15 is 0 Å². The van der Waals surface area contributed by atoms with Gasteiger partial charge in [0.2, 0.25) is 0 Å². The smallest absolute Gasteiger partial charge is 0.287 e. The number of nitro groups is 1. The summed E-state index contributed by atoms with van der Waals surface area (Å²) in [6, 6.07) is 1.23. The molecule has 7 nitrogen and oxygen atoms in total. The van der Waals surface area contributed by atoms with Crippen molar-refractivity contribution in [1.29, 1.82) is 0 Å². The van der Waals surface area contributed by atoms with Crippen LogP contribution < -0.4 is 5.32 Å². The van der Waals surface area contributed by atoms with Gasteiger partial charge in [-0.3, -0.25) is 14.9 Å². The van der Waals surface area contributed by atoms with Gasteiger partial charge in [0.15, 0.2) is 0 Å². The van der Waals surface area contributed by atoms with Crippen LogP contribution in [0.5, 0.6) is 0 Å². The Kier molecular flexibility index (Phi) is 4.07. The lowest BCUT2D eigenvalue weighted by molar-refractivity contribution is -0.384.